The summed E-state index contributed by atoms with van der Waals surface area (Å²) in [6.45, 7) is 5.37. The van der Waals surface area contributed by atoms with Gasteiger partial charge in [-0.3, -0.25) is 4.79 Å². The van der Waals surface area contributed by atoms with E-state index >= 15 is 0 Å². The monoisotopic (exact) mass is 353 g/mol. The van der Waals surface area contributed by atoms with Crippen LogP contribution in [-0.2, 0) is 21.5 Å². The number of hydrogen-bond acceptors (Lipinski definition) is 4. The molecule has 0 aromatic heterocycles. The quantitative estimate of drug-likeness (QED) is 0.706. The van der Waals surface area contributed by atoms with Crippen LogP contribution in [0.1, 0.15) is 45.1 Å². The normalized spacial score (nSPS) is 15.7. The van der Waals surface area contributed by atoms with Crippen LogP contribution >= 0.6 is 0 Å². The molecule has 1 aliphatic carbocycles. The Bertz CT molecular complexity index is 663. The summed E-state index contributed by atoms with van der Waals surface area (Å²) in [5.74, 6) is 1.02. The zero-order chi connectivity index (χ0) is 17.7. The lowest BCUT2D eigenvalue weighted by atomic mass is 10.0. The molecule has 0 bridgehead atoms. The summed E-state index contributed by atoms with van der Waals surface area (Å²) in [4.78, 5) is 14.7. The number of carbonyl (C=O) groups excluding carboxylic acids is 1. The van der Waals surface area contributed by atoms with Crippen molar-refractivity contribution in [3.8, 4) is 5.75 Å². The average Bonchev–Trinajstić information content (AvgIpc) is 2.98. The highest BCUT2D eigenvalue weighted by Crippen LogP contribution is 2.28. The summed E-state index contributed by atoms with van der Waals surface area (Å²) >= 11 is 0. The summed E-state index contributed by atoms with van der Waals surface area (Å²) in [6, 6.07) is 6.94. The van der Waals surface area contributed by atoms with E-state index in [0.29, 0.717) is 19.0 Å². The molecule has 0 aliphatic heterocycles. The minimum absolute atomic E-state index is 0.138. The van der Waals surface area contributed by atoms with E-state index in [-0.39, 0.29) is 17.6 Å². The second-order valence-corrected chi connectivity index (χ2v) is 8.60. The Morgan fingerprint density at radius 2 is 1.96 bits per heavy atom. The SMILES string of the molecule is CC(C)CN(Cc1cccc(OS(C)(=O)=O)c1)C(=O)C1CCCC1. The van der Waals surface area contributed by atoms with E-state index in [0.717, 1.165) is 37.5 Å². The molecular formula is C18H27NO4S. The van der Waals surface area contributed by atoms with Gasteiger partial charge in [0, 0.05) is 19.0 Å². The molecule has 1 aromatic rings. The molecule has 0 heterocycles. The van der Waals surface area contributed by atoms with Gasteiger partial charge in [-0.25, -0.2) is 0 Å². The number of nitrogens with zero attached hydrogens (tertiary/aromatic N) is 1. The van der Waals surface area contributed by atoms with Gasteiger partial charge >= 0.3 is 10.1 Å². The van der Waals surface area contributed by atoms with Crippen molar-refractivity contribution < 1.29 is 17.4 Å². The van der Waals surface area contributed by atoms with Crippen LogP contribution in [0.3, 0.4) is 0 Å². The van der Waals surface area contributed by atoms with Gasteiger partial charge in [0.1, 0.15) is 5.75 Å². The number of benzene rings is 1. The first-order chi connectivity index (χ1) is 11.2. The van der Waals surface area contributed by atoms with Crippen molar-refractivity contribution in [2.75, 3.05) is 12.8 Å². The Balaban J connectivity index is 2.13. The molecule has 0 radical (unpaired) electrons. The third-order valence-electron chi connectivity index (χ3n) is 4.12. The van der Waals surface area contributed by atoms with Crippen molar-refractivity contribution in [3.05, 3.63) is 29.8 Å². The maximum atomic E-state index is 12.8. The van der Waals surface area contributed by atoms with E-state index in [1.54, 1.807) is 18.2 Å². The zero-order valence-electron chi connectivity index (χ0n) is 14.7. The van der Waals surface area contributed by atoms with Gasteiger partial charge in [0.15, 0.2) is 0 Å². The molecule has 1 saturated carbocycles. The Morgan fingerprint density at radius 3 is 2.54 bits per heavy atom. The molecule has 24 heavy (non-hydrogen) atoms. The molecule has 0 N–H and O–H groups in total. The molecule has 0 atom stereocenters. The molecule has 1 fully saturated rings. The van der Waals surface area contributed by atoms with Crippen LogP contribution in [0, 0.1) is 11.8 Å². The highest BCUT2D eigenvalue weighted by atomic mass is 32.2. The smallest absolute Gasteiger partial charge is 0.306 e. The first-order valence-electron chi connectivity index (χ1n) is 8.52. The fourth-order valence-corrected chi connectivity index (χ4v) is 3.65. The van der Waals surface area contributed by atoms with Gasteiger partial charge in [-0.1, -0.05) is 38.8 Å². The Labute approximate surface area is 145 Å². The molecule has 5 nitrogen and oxygen atoms in total. The van der Waals surface area contributed by atoms with E-state index in [2.05, 4.69) is 13.8 Å². The summed E-state index contributed by atoms with van der Waals surface area (Å²) in [5, 5.41) is 0. The van der Waals surface area contributed by atoms with Crippen LogP contribution in [0.5, 0.6) is 5.75 Å². The summed E-state index contributed by atoms with van der Waals surface area (Å²) in [7, 11) is -3.55. The molecule has 6 heteroatoms. The van der Waals surface area contributed by atoms with Gasteiger partial charge in [0.25, 0.3) is 0 Å². The van der Waals surface area contributed by atoms with Crippen molar-refractivity contribution in [2.24, 2.45) is 11.8 Å². The molecule has 1 aromatic carbocycles. The van der Waals surface area contributed by atoms with Crippen molar-refractivity contribution in [2.45, 2.75) is 46.1 Å². The predicted molar refractivity (Wildman–Crippen MR) is 94.1 cm³/mol. The summed E-state index contributed by atoms with van der Waals surface area (Å²) in [5.41, 5.74) is 0.878. The van der Waals surface area contributed by atoms with Crippen molar-refractivity contribution in [3.63, 3.8) is 0 Å². The molecule has 0 unspecified atom stereocenters. The largest absolute Gasteiger partial charge is 0.383 e. The molecule has 134 valence electrons. The number of rotatable bonds is 7. The minimum Gasteiger partial charge on any atom is -0.383 e. The number of carbonyl (C=O) groups is 1. The van der Waals surface area contributed by atoms with Crippen LogP contribution in [0.15, 0.2) is 24.3 Å². The maximum absolute atomic E-state index is 12.8. The fourth-order valence-electron chi connectivity index (χ4n) is 3.20. The lowest BCUT2D eigenvalue weighted by molar-refractivity contribution is -0.136. The molecule has 1 aliphatic rings. The Kier molecular flexibility index (Phi) is 6.27. The first kappa shape index (κ1) is 18.8. The van der Waals surface area contributed by atoms with E-state index in [4.69, 9.17) is 4.18 Å². The van der Waals surface area contributed by atoms with Gasteiger partial charge < -0.3 is 9.08 Å². The lowest BCUT2D eigenvalue weighted by Crippen LogP contribution is -2.37. The molecule has 0 saturated heterocycles. The predicted octanol–water partition coefficient (Wildman–Crippen LogP) is 3.20. The topological polar surface area (TPSA) is 63.7 Å². The highest BCUT2D eigenvalue weighted by molar-refractivity contribution is 7.86. The van der Waals surface area contributed by atoms with Gasteiger partial charge in [-0.05, 0) is 36.5 Å². The summed E-state index contributed by atoms with van der Waals surface area (Å²) < 4.78 is 27.5. The van der Waals surface area contributed by atoms with Crippen LogP contribution in [0.2, 0.25) is 0 Å². The number of amides is 1. The van der Waals surface area contributed by atoms with E-state index in [1.165, 1.54) is 0 Å². The van der Waals surface area contributed by atoms with Crippen LogP contribution < -0.4 is 4.18 Å². The van der Waals surface area contributed by atoms with Crippen LogP contribution in [-0.4, -0.2) is 32.0 Å². The third-order valence-corrected chi connectivity index (χ3v) is 4.62. The fraction of sp³-hybridized carbons (Fsp3) is 0.611. The van der Waals surface area contributed by atoms with Crippen molar-refractivity contribution in [1.82, 2.24) is 4.90 Å². The minimum atomic E-state index is -3.55. The molecule has 1 amide bonds. The number of hydrogen-bond donors (Lipinski definition) is 0. The highest BCUT2D eigenvalue weighted by Gasteiger charge is 2.27. The molecule has 2 rings (SSSR count). The Morgan fingerprint density at radius 1 is 1.29 bits per heavy atom. The van der Waals surface area contributed by atoms with Crippen LogP contribution in [0.25, 0.3) is 0 Å². The molecular weight excluding hydrogens is 326 g/mol. The van der Waals surface area contributed by atoms with Crippen LogP contribution in [0.4, 0.5) is 0 Å². The summed E-state index contributed by atoms with van der Waals surface area (Å²) in [6.07, 6.45) is 5.23. The van der Waals surface area contributed by atoms with Crippen molar-refractivity contribution >= 4 is 16.0 Å². The van der Waals surface area contributed by atoms with E-state index in [9.17, 15) is 13.2 Å². The zero-order valence-corrected chi connectivity index (χ0v) is 15.5. The maximum Gasteiger partial charge on any atom is 0.306 e. The van der Waals surface area contributed by atoms with Gasteiger partial charge in [0.2, 0.25) is 5.91 Å². The van der Waals surface area contributed by atoms with Gasteiger partial charge in [0.05, 0.1) is 6.26 Å². The Hall–Kier alpha value is -1.56. The van der Waals surface area contributed by atoms with E-state index in [1.807, 2.05) is 11.0 Å². The molecule has 0 spiro atoms. The van der Waals surface area contributed by atoms with E-state index < -0.39 is 10.1 Å². The van der Waals surface area contributed by atoms with Gasteiger partial charge in [-0.2, -0.15) is 8.42 Å². The van der Waals surface area contributed by atoms with Crippen molar-refractivity contribution in [1.29, 1.82) is 0 Å². The lowest BCUT2D eigenvalue weighted by Gasteiger charge is -2.27. The third kappa shape index (κ3) is 5.82. The first-order valence-corrected chi connectivity index (χ1v) is 10.3. The average molecular weight is 353 g/mol. The van der Waals surface area contributed by atoms with Gasteiger partial charge in [-0.15, -0.1) is 0 Å². The standard InChI is InChI=1S/C18H27NO4S/c1-14(2)12-19(18(20)16-8-4-5-9-16)13-15-7-6-10-17(11-15)23-24(3,21)22/h6-7,10-11,14,16H,4-5,8-9,12-13H2,1-3H3. The second-order valence-electron chi connectivity index (χ2n) is 7.03. The second kappa shape index (κ2) is 8.01.